The second-order valence-corrected chi connectivity index (χ2v) is 8.00. The van der Waals surface area contributed by atoms with E-state index in [0.29, 0.717) is 41.8 Å². The molecule has 1 N–H and O–H groups in total. The molecule has 0 aliphatic carbocycles. The van der Waals surface area contributed by atoms with Crippen LogP contribution in [0.15, 0.2) is 40.4 Å². The fourth-order valence-corrected chi connectivity index (χ4v) is 4.04. The standard InChI is InChI=1S/C21H22N4O4S/c1-13-17(14(2)29-24-13)12-28-16-6-3-5-15(11-16)20(27)25-9-4-7-18(25)19(26)23-21-22-8-10-30-21/h3,5-6,8,10-11,18H,4,7,9,12H2,1-2H3,(H,22,23,26). The van der Waals surface area contributed by atoms with Gasteiger partial charge in [0.2, 0.25) is 5.91 Å². The number of likely N-dealkylation sites (tertiary alicyclic amines) is 1. The summed E-state index contributed by atoms with van der Waals surface area (Å²) in [4.78, 5) is 31.5. The Morgan fingerprint density at radius 3 is 2.97 bits per heavy atom. The van der Waals surface area contributed by atoms with Crippen molar-refractivity contribution in [3.8, 4) is 5.75 Å². The molecule has 3 aromatic rings. The smallest absolute Gasteiger partial charge is 0.254 e. The van der Waals surface area contributed by atoms with Crippen molar-refractivity contribution in [2.45, 2.75) is 39.3 Å². The number of thiazole rings is 1. The Hall–Kier alpha value is -3.20. The van der Waals surface area contributed by atoms with Crippen molar-refractivity contribution in [2.75, 3.05) is 11.9 Å². The van der Waals surface area contributed by atoms with E-state index in [-0.39, 0.29) is 11.8 Å². The molecule has 156 valence electrons. The number of carbonyl (C=O) groups is 2. The Morgan fingerprint density at radius 1 is 1.37 bits per heavy atom. The lowest BCUT2D eigenvalue weighted by Crippen LogP contribution is -2.43. The summed E-state index contributed by atoms with van der Waals surface area (Å²) in [6.45, 7) is 4.54. The molecule has 9 heteroatoms. The molecule has 1 aliphatic heterocycles. The fraction of sp³-hybridized carbons (Fsp3) is 0.333. The average Bonchev–Trinajstić information content (AvgIpc) is 3.49. The van der Waals surface area contributed by atoms with Gasteiger partial charge < -0.3 is 19.5 Å². The van der Waals surface area contributed by atoms with Gasteiger partial charge in [-0.1, -0.05) is 11.2 Å². The summed E-state index contributed by atoms with van der Waals surface area (Å²) in [6, 6.07) is 6.50. The highest BCUT2D eigenvalue weighted by atomic mass is 32.1. The topological polar surface area (TPSA) is 97.6 Å². The Balaban J connectivity index is 1.44. The number of benzene rings is 1. The predicted octanol–water partition coefficient (Wildman–Crippen LogP) is 3.57. The highest BCUT2D eigenvalue weighted by molar-refractivity contribution is 7.13. The molecule has 2 aromatic heterocycles. The summed E-state index contributed by atoms with van der Waals surface area (Å²) in [6.07, 6.45) is 3.04. The SMILES string of the molecule is Cc1noc(C)c1COc1cccc(C(=O)N2CCCC2C(=O)Nc2nccs2)c1. The second-order valence-electron chi connectivity index (χ2n) is 7.10. The van der Waals surface area contributed by atoms with Gasteiger partial charge in [-0.15, -0.1) is 11.3 Å². The van der Waals surface area contributed by atoms with Crippen LogP contribution < -0.4 is 10.1 Å². The molecule has 1 aliphatic rings. The van der Waals surface area contributed by atoms with Crippen molar-refractivity contribution in [3.63, 3.8) is 0 Å². The number of anilines is 1. The van der Waals surface area contributed by atoms with Gasteiger partial charge in [-0.3, -0.25) is 9.59 Å². The highest BCUT2D eigenvalue weighted by Gasteiger charge is 2.35. The molecule has 4 rings (SSSR count). The predicted molar refractivity (Wildman–Crippen MR) is 112 cm³/mol. The van der Waals surface area contributed by atoms with Gasteiger partial charge in [-0.25, -0.2) is 4.98 Å². The quantitative estimate of drug-likeness (QED) is 0.647. The van der Waals surface area contributed by atoms with Gasteiger partial charge in [-0.05, 0) is 44.9 Å². The molecule has 0 radical (unpaired) electrons. The minimum absolute atomic E-state index is 0.186. The molecule has 1 atom stereocenters. The zero-order valence-electron chi connectivity index (χ0n) is 16.8. The molecule has 2 amide bonds. The summed E-state index contributed by atoms with van der Waals surface area (Å²) in [5.41, 5.74) is 2.16. The van der Waals surface area contributed by atoms with E-state index in [2.05, 4.69) is 15.5 Å². The number of nitrogens with one attached hydrogen (secondary N) is 1. The maximum absolute atomic E-state index is 13.1. The first-order valence-electron chi connectivity index (χ1n) is 9.69. The first kappa shape index (κ1) is 20.1. The number of aryl methyl sites for hydroxylation is 2. The Bertz CT molecular complexity index is 1030. The molecule has 1 unspecified atom stereocenters. The van der Waals surface area contributed by atoms with E-state index < -0.39 is 6.04 Å². The summed E-state index contributed by atoms with van der Waals surface area (Å²) >= 11 is 1.35. The van der Waals surface area contributed by atoms with Crippen LogP contribution >= 0.6 is 11.3 Å². The van der Waals surface area contributed by atoms with Crippen molar-refractivity contribution < 1.29 is 18.8 Å². The number of ether oxygens (including phenoxy) is 1. The minimum atomic E-state index is -0.506. The molecule has 1 fully saturated rings. The third kappa shape index (κ3) is 4.20. The van der Waals surface area contributed by atoms with Gasteiger partial charge in [0.1, 0.15) is 24.2 Å². The Kier molecular flexibility index (Phi) is 5.80. The maximum Gasteiger partial charge on any atom is 0.254 e. The number of hydrogen-bond acceptors (Lipinski definition) is 7. The van der Waals surface area contributed by atoms with Crippen LogP contribution in [0.5, 0.6) is 5.75 Å². The monoisotopic (exact) mass is 426 g/mol. The van der Waals surface area contributed by atoms with Crippen LogP contribution in [-0.4, -0.2) is 39.4 Å². The lowest BCUT2D eigenvalue weighted by Gasteiger charge is -2.23. The molecule has 0 bridgehead atoms. The van der Waals surface area contributed by atoms with Gasteiger partial charge in [0.05, 0.1) is 11.3 Å². The van der Waals surface area contributed by atoms with Gasteiger partial charge in [-0.2, -0.15) is 0 Å². The van der Waals surface area contributed by atoms with Crippen LogP contribution in [-0.2, 0) is 11.4 Å². The normalized spacial score (nSPS) is 15.9. The molecule has 3 heterocycles. The zero-order valence-corrected chi connectivity index (χ0v) is 17.6. The van der Waals surface area contributed by atoms with Crippen LogP contribution in [0.3, 0.4) is 0 Å². The van der Waals surface area contributed by atoms with E-state index in [1.165, 1.54) is 11.3 Å². The third-order valence-electron chi connectivity index (χ3n) is 5.12. The fourth-order valence-electron chi connectivity index (χ4n) is 3.50. The summed E-state index contributed by atoms with van der Waals surface area (Å²) < 4.78 is 11.0. The largest absolute Gasteiger partial charge is 0.489 e. The first-order valence-corrected chi connectivity index (χ1v) is 10.6. The number of rotatable bonds is 6. The molecule has 1 saturated heterocycles. The number of hydrogen-bond donors (Lipinski definition) is 1. The lowest BCUT2D eigenvalue weighted by atomic mass is 10.1. The highest BCUT2D eigenvalue weighted by Crippen LogP contribution is 2.24. The maximum atomic E-state index is 13.1. The zero-order chi connectivity index (χ0) is 21.1. The number of nitrogens with zero attached hydrogens (tertiary/aromatic N) is 3. The summed E-state index contributed by atoms with van der Waals surface area (Å²) in [5.74, 6) is 0.894. The number of aromatic nitrogens is 2. The van der Waals surface area contributed by atoms with E-state index in [1.807, 2.05) is 13.8 Å². The van der Waals surface area contributed by atoms with E-state index in [9.17, 15) is 9.59 Å². The van der Waals surface area contributed by atoms with E-state index in [1.54, 1.807) is 40.7 Å². The second kappa shape index (κ2) is 8.66. The Morgan fingerprint density at radius 2 is 2.23 bits per heavy atom. The summed E-state index contributed by atoms with van der Waals surface area (Å²) in [7, 11) is 0. The number of carbonyl (C=O) groups excluding carboxylic acids is 2. The van der Waals surface area contributed by atoms with E-state index in [0.717, 1.165) is 17.7 Å². The molecule has 30 heavy (non-hydrogen) atoms. The Labute approximate surface area is 177 Å². The summed E-state index contributed by atoms with van der Waals surface area (Å²) in [5, 5.41) is 9.04. The van der Waals surface area contributed by atoms with Gasteiger partial charge >= 0.3 is 0 Å². The van der Waals surface area contributed by atoms with E-state index >= 15 is 0 Å². The third-order valence-corrected chi connectivity index (χ3v) is 5.81. The van der Waals surface area contributed by atoms with Crippen LogP contribution in [0, 0.1) is 13.8 Å². The average molecular weight is 426 g/mol. The van der Waals surface area contributed by atoms with Crippen LogP contribution in [0.25, 0.3) is 0 Å². The van der Waals surface area contributed by atoms with Crippen molar-refractivity contribution >= 4 is 28.3 Å². The molecular weight excluding hydrogens is 404 g/mol. The molecular formula is C21H22N4O4S. The van der Waals surface area contributed by atoms with Crippen LogP contribution in [0.1, 0.15) is 40.2 Å². The van der Waals surface area contributed by atoms with Crippen molar-refractivity contribution in [1.82, 2.24) is 15.0 Å². The van der Waals surface area contributed by atoms with E-state index in [4.69, 9.17) is 9.26 Å². The lowest BCUT2D eigenvalue weighted by molar-refractivity contribution is -0.119. The molecule has 8 nitrogen and oxygen atoms in total. The first-order chi connectivity index (χ1) is 14.5. The van der Waals surface area contributed by atoms with Crippen molar-refractivity contribution in [2.24, 2.45) is 0 Å². The van der Waals surface area contributed by atoms with Crippen molar-refractivity contribution in [3.05, 3.63) is 58.4 Å². The van der Waals surface area contributed by atoms with Gasteiger partial charge in [0, 0.05) is 23.7 Å². The van der Waals surface area contributed by atoms with Crippen molar-refractivity contribution in [1.29, 1.82) is 0 Å². The number of amides is 2. The minimum Gasteiger partial charge on any atom is -0.489 e. The molecule has 0 spiro atoms. The molecule has 1 aromatic carbocycles. The van der Waals surface area contributed by atoms with Crippen LogP contribution in [0.2, 0.25) is 0 Å². The molecule has 0 saturated carbocycles. The van der Waals surface area contributed by atoms with Gasteiger partial charge in [0.25, 0.3) is 5.91 Å². The van der Waals surface area contributed by atoms with Gasteiger partial charge in [0.15, 0.2) is 5.13 Å². The van der Waals surface area contributed by atoms with Crippen LogP contribution in [0.4, 0.5) is 5.13 Å².